The van der Waals surface area contributed by atoms with E-state index in [1.165, 1.54) is 0 Å². The van der Waals surface area contributed by atoms with Gasteiger partial charge in [0.1, 0.15) is 0 Å². The van der Waals surface area contributed by atoms with Crippen molar-refractivity contribution in [3.05, 3.63) is 70.7 Å². The summed E-state index contributed by atoms with van der Waals surface area (Å²) in [7, 11) is 0. The van der Waals surface area contributed by atoms with Crippen LogP contribution in [0.15, 0.2) is 60.7 Å². The number of aromatic nitrogens is 2. The number of carbonyl (C=O) groups excluding carboxylic acids is 1. The van der Waals surface area contributed by atoms with Gasteiger partial charge >= 0.3 is 0 Å². The van der Waals surface area contributed by atoms with Crippen LogP contribution in [0.2, 0.25) is 10.0 Å². The number of hydrogen-bond acceptors (Lipinski definition) is 5. The third-order valence-electron chi connectivity index (χ3n) is 6.75. The van der Waals surface area contributed by atoms with Crippen LogP contribution >= 0.6 is 23.2 Å². The van der Waals surface area contributed by atoms with Crippen LogP contribution in [0.5, 0.6) is 0 Å². The van der Waals surface area contributed by atoms with Gasteiger partial charge in [0.05, 0.1) is 15.7 Å². The summed E-state index contributed by atoms with van der Waals surface area (Å²) in [6.07, 6.45) is 1.68. The van der Waals surface area contributed by atoms with E-state index in [-0.39, 0.29) is 11.8 Å². The lowest BCUT2D eigenvalue weighted by Gasteiger charge is -2.39. The van der Waals surface area contributed by atoms with Crippen LogP contribution in [-0.2, 0) is 4.79 Å². The first-order chi connectivity index (χ1) is 16.6. The number of carbonyl (C=O) groups is 1. The Morgan fingerprint density at radius 1 is 0.765 bits per heavy atom. The zero-order chi connectivity index (χ0) is 23.5. The lowest BCUT2D eigenvalue weighted by Crippen LogP contribution is -2.51. The molecule has 176 valence electrons. The molecule has 1 aromatic heterocycles. The highest BCUT2D eigenvalue weighted by Crippen LogP contribution is 2.29. The minimum atomic E-state index is 0.0735. The van der Waals surface area contributed by atoms with E-state index >= 15 is 0 Å². The Kier molecular flexibility index (Phi) is 6.88. The third-order valence-corrected chi connectivity index (χ3v) is 7.49. The Labute approximate surface area is 210 Å². The number of halogens is 2. The van der Waals surface area contributed by atoms with Gasteiger partial charge in [0.2, 0.25) is 5.91 Å². The second-order valence-corrected chi connectivity index (χ2v) is 9.63. The largest absolute Gasteiger partial charge is 0.368 e. The van der Waals surface area contributed by atoms with Gasteiger partial charge in [-0.05, 0) is 43.2 Å². The zero-order valence-corrected chi connectivity index (χ0v) is 20.4. The summed E-state index contributed by atoms with van der Waals surface area (Å²) in [5, 5.41) is 9.97. The van der Waals surface area contributed by atoms with Crippen molar-refractivity contribution in [3.8, 4) is 11.3 Å². The average Bonchev–Trinajstić information content (AvgIpc) is 2.91. The third kappa shape index (κ3) is 4.98. The van der Waals surface area contributed by atoms with Gasteiger partial charge in [0, 0.05) is 56.4 Å². The van der Waals surface area contributed by atoms with E-state index in [9.17, 15) is 4.79 Å². The van der Waals surface area contributed by atoms with E-state index in [2.05, 4.69) is 20.0 Å². The maximum Gasteiger partial charge on any atom is 0.225 e. The Bertz CT molecular complexity index is 1130. The van der Waals surface area contributed by atoms with Crippen LogP contribution in [0.4, 0.5) is 11.5 Å². The molecule has 5 rings (SSSR count). The average molecular weight is 496 g/mol. The lowest BCUT2D eigenvalue weighted by atomic mass is 9.95. The van der Waals surface area contributed by atoms with Gasteiger partial charge in [-0.2, -0.15) is 0 Å². The summed E-state index contributed by atoms with van der Waals surface area (Å²) in [6, 6.07) is 19.8. The smallest absolute Gasteiger partial charge is 0.225 e. The molecule has 0 N–H and O–H groups in total. The first kappa shape index (κ1) is 22.9. The monoisotopic (exact) mass is 495 g/mol. The number of piperidine rings is 1. The van der Waals surface area contributed by atoms with Gasteiger partial charge in [-0.1, -0.05) is 53.5 Å². The van der Waals surface area contributed by atoms with Crippen molar-refractivity contribution in [1.82, 2.24) is 15.1 Å². The number of benzene rings is 2. The second kappa shape index (κ2) is 10.2. The Morgan fingerprint density at radius 2 is 1.50 bits per heavy atom. The molecule has 0 saturated carbocycles. The molecule has 34 heavy (non-hydrogen) atoms. The number of hydrogen-bond donors (Lipinski definition) is 0. The number of rotatable bonds is 4. The van der Waals surface area contributed by atoms with Crippen molar-refractivity contribution >= 4 is 40.6 Å². The van der Waals surface area contributed by atoms with Crippen molar-refractivity contribution in [2.24, 2.45) is 5.92 Å². The van der Waals surface area contributed by atoms with Crippen molar-refractivity contribution in [1.29, 1.82) is 0 Å². The van der Waals surface area contributed by atoms with E-state index < -0.39 is 0 Å². The number of nitrogens with zero attached hydrogens (tertiary/aromatic N) is 5. The predicted octanol–water partition coefficient (Wildman–Crippen LogP) is 5.02. The van der Waals surface area contributed by atoms with Crippen molar-refractivity contribution in [2.45, 2.75) is 12.8 Å². The van der Waals surface area contributed by atoms with Gasteiger partial charge in [-0.3, -0.25) is 4.79 Å². The van der Waals surface area contributed by atoms with Crippen LogP contribution in [0.1, 0.15) is 12.8 Å². The SMILES string of the molecule is O=C(C1CCN(c2ccc(-c3ccccc3)nn2)CC1)N1CCN(c2ccc(Cl)c(Cl)c2)CC1. The fourth-order valence-electron chi connectivity index (χ4n) is 4.74. The molecular formula is C26H27Cl2N5O. The standard InChI is InChI=1S/C26H27Cl2N5O/c27-22-7-6-21(18-23(22)28)31-14-16-33(17-15-31)26(34)20-10-12-32(13-11-20)25-9-8-24(29-30-25)19-4-2-1-3-5-19/h1-9,18,20H,10-17H2. The molecule has 2 aliphatic heterocycles. The van der Waals surface area contributed by atoms with E-state index in [4.69, 9.17) is 23.2 Å². The quantitative estimate of drug-likeness (QED) is 0.508. The van der Waals surface area contributed by atoms with E-state index in [1.807, 2.05) is 65.6 Å². The molecule has 2 aliphatic rings. The fourth-order valence-corrected chi connectivity index (χ4v) is 5.03. The van der Waals surface area contributed by atoms with Gasteiger partial charge in [0.15, 0.2) is 5.82 Å². The van der Waals surface area contributed by atoms with Gasteiger partial charge in [-0.15, -0.1) is 10.2 Å². The Morgan fingerprint density at radius 3 is 2.15 bits per heavy atom. The molecule has 6 nitrogen and oxygen atoms in total. The van der Waals surface area contributed by atoms with Crippen LogP contribution in [-0.4, -0.2) is 60.3 Å². The van der Waals surface area contributed by atoms with E-state index in [0.29, 0.717) is 10.0 Å². The minimum Gasteiger partial charge on any atom is -0.368 e. The van der Waals surface area contributed by atoms with Crippen LogP contribution in [0.3, 0.4) is 0 Å². The molecule has 2 fully saturated rings. The summed E-state index contributed by atoms with van der Waals surface area (Å²) >= 11 is 12.2. The number of piperazine rings is 1. The molecule has 3 aromatic rings. The molecule has 3 heterocycles. The summed E-state index contributed by atoms with van der Waals surface area (Å²) in [5.74, 6) is 1.23. The summed E-state index contributed by atoms with van der Waals surface area (Å²) in [6.45, 7) is 4.69. The van der Waals surface area contributed by atoms with Gasteiger partial charge in [0.25, 0.3) is 0 Å². The molecule has 2 saturated heterocycles. The molecule has 2 aromatic carbocycles. The first-order valence-corrected chi connectivity index (χ1v) is 12.5. The molecular weight excluding hydrogens is 469 g/mol. The number of anilines is 2. The van der Waals surface area contributed by atoms with Gasteiger partial charge < -0.3 is 14.7 Å². The summed E-state index contributed by atoms with van der Waals surface area (Å²) < 4.78 is 0. The van der Waals surface area contributed by atoms with Crippen molar-refractivity contribution < 1.29 is 4.79 Å². The zero-order valence-electron chi connectivity index (χ0n) is 18.9. The summed E-state index contributed by atoms with van der Waals surface area (Å²) in [5.41, 5.74) is 2.98. The van der Waals surface area contributed by atoms with Crippen LogP contribution in [0, 0.1) is 5.92 Å². The highest BCUT2D eigenvalue weighted by molar-refractivity contribution is 6.42. The predicted molar refractivity (Wildman–Crippen MR) is 138 cm³/mol. The normalized spacial score (nSPS) is 17.2. The molecule has 0 aliphatic carbocycles. The number of amides is 1. The molecule has 0 spiro atoms. The second-order valence-electron chi connectivity index (χ2n) is 8.81. The molecule has 0 atom stereocenters. The minimum absolute atomic E-state index is 0.0735. The molecule has 8 heteroatoms. The topological polar surface area (TPSA) is 52.6 Å². The maximum absolute atomic E-state index is 13.2. The van der Waals surface area contributed by atoms with Crippen LogP contribution < -0.4 is 9.80 Å². The Hall–Kier alpha value is -2.83. The lowest BCUT2D eigenvalue weighted by molar-refractivity contribution is -0.136. The maximum atomic E-state index is 13.2. The van der Waals surface area contributed by atoms with Crippen molar-refractivity contribution in [3.63, 3.8) is 0 Å². The van der Waals surface area contributed by atoms with E-state index in [1.54, 1.807) is 0 Å². The highest BCUT2D eigenvalue weighted by Gasteiger charge is 2.31. The molecule has 1 amide bonds. The molecule has 0 unspecified atom stereocenters. The highest BCUT2D eigenvalue weighted by atomic mass is 35.5. The molecule has 0 bridgehead atoms. The van der Waals surface area contributed by atoms with Crippen molar-refractivity contribution in [2.75, 3.05) is 49.1 Å². The van der Waals surface area contributed by atoms with E-state index in [0.717, 1.165) is 74.9 Å². The summed E-state index contributed by atoms with van der Waals surface area (Å²) in [4.78, 5) is 19.7. The Balaban J connectivity index is 1.12. The fraction of sp³-hybridized carbons (Fsp3) is 0.346. The van der Waals surface area contributed by atoms with Crippen LogP contribution in [0.25, 0.3) is 11.3 Å². The first-order valence-electron chi connectivity index (χ1n) is 11.7. The van der Waals surface area contributed by atoms with Gasteiger partial charge in [-0.25, -0.2) is 0 Å². The molecule has 0 radical (unpaired) electrons.